The summed E-state index contributed by atoms with van der Waals surface area (Å²) in [7, 11) is 0. The Hall–Kier alpha value is -0.930. The molecule has 1 saturated carbocycles. The fourth-order valence-electron chi connectivity index (χ4n) is 1.75. The molecule has 0 saturated heterocycles. The van der Waals surface area contributed by atoms with Gasteiger partial charge in [0.25, 0.3) is 0 Å². The second-order valence-corrected chi connectivity index (χ2v) is 4.56. The van der Waals surface area contributed by atoms with Crippen LogP contribution in [0.1, 0.15) is 30.5 Å². The van der Waals surface area contributed by atoms with Crippen molar-refractivity contribution < 1.29 is 0 Å². The van der Waals surface area contributed by atoms with E-state index in [0.717, 1.165) is 31.4 Å². The number of pyridine rings is 1. The van der Waals surface area contributed by atoms with Gasteiger partial charge >= 0.3 is 0 Å². The highest BCUT2D eigenvalue weighted by Gasteiger charge is 2.19. The van der Waals surface area contributed by atoms with Gasteiger partial charge < -0.3 is 10.6 Å². The first-order valence-electron chi connectivity index (χ1n) is 6.20. The Morgan fingerprint density at radius 1 is 1.38 bits per heavy atom. The van der Waals surface area contributed by atoms with Crippen LogP contribution in [0.15, 0.2) is 18.3 Å². The van der Waals surface area contributed by atoms with Gasteiger partial charge in [0.15, 0.2) is 0 Å². The van der Waals surface area contributed by atoms with Gasteiger partial charge in [0.05, 0.1) is 0 Å². The lowest BCUT2D eigenvalue weighted by atomic mass is 10.2. The molecule has 2 N–H and O–H groups in total. The molecule has 3 heteroatoms. The van der Waals surface area contributed by atoms with Crippen molar-refractivity contribution in [2.24, 2.45) is 0 Å². The van der Waals surface area contributed by atoms with Gasteiger partial charge in [-0.05, 0) is 57.0 Å². The smallest absolute Gasteiger partial charge is 0.0375 e. The number of aromatic nitrogens is 1. The van der Waals surface area contributed by atoms with Gasteiger partial charge in [-0.25, -0.2) is 0 Å². The molecule has 0 bridgehead atoms. The highest BCUT2D eigenvalue weighted by Crippen LogP contribution is 2.18. The van der Waals surface area contributed by atoms with Crippen molar-refractivity contribution in [3.8, 4) is 0 Å². The van der Waals surface area contributed by atoms with Crippen LogP contribution in [0, 0.1) is 6.92 Å². The Morgan fingerprint density at radius 3 is 3.00 bits per heavy atom. The predicted molar refractivity (Wildman–Crippen MR) is 66.3 cm³/mol. The topological polar surface area (TPSA) is 37.0 Å². The van der Waals surface area contributed by atoms with E-state index in [9.17, 15) is 0 Å². The molecule has 16 heavy (non-hydrogen) atoms. The monoisotopic (exact) mass is 219 g/mol. The molecule has 1 heterocycles. The number of hydrogen-bond acceptors (Lipinski definition) is 3. The molecule has 0 amide bonds. The van der Waals surface area contributed by atoms with Crippen LogP contribution < -0.4 is 10.6 Å². The zero-order valence-electron chi connectivity index (χ0n) is 10.00. The second kappa shape index (κ2) is 5.97. The molecule has 0 atom stereocenters. The summed E-state index contributed by atoms with van der Waals surface area (Å²) in [5.74, 6) is 0. The first-order valence-corrected chi connectivity index (χ1v) is 6.20. The van der Waals surface area contributed by atoms with Crippen molar-refractivity contribution in [1.82, 2.24) is 15.6 Å². The third-order valence-electron chi connectivity index (χ3n) is 2.83. The molecule has 1 aliphatic rings. The van der Waals surface area contributed by atoms with Crippen molar-refractivity contribution in [2.75, 3.05) is 13.1 Å². The zero-order chi connectivity index (χ0) is 11.2. The Morgan fingerprint density at radius 2 is 2.25 bits per heavy atom. The van der Waals surface area contributed by atoms with Gasteiger partial charge in [0.2, 0.25) is 0 Å². The Balaban J connectivity index is 1.53. The van der Waals surface area contributed by atoms with Crippen LogP contribution >= 0.6 is 0 Å². The first-order chi connectivity index (χ1) is 7.84. The van der Waals surface area contributed by atoms with Gasteiger partial charge in [-0.1, -0.05) is 0 Å². The van der Waals surface area contributed by atoms with Crippen LogP contribution in [0.3, 0.4) is 0 Å². The average molecular weight is 219 g/mol. The highest BCUT2D eigenvalue weighted by molar-refractivity contribution is 5.14. The van der Waals surface area contributed by atoms with E-state index in [1.165, 1.54) is 24.8 Å². The standard InChI is InChI=1S/C13H21N3/c1-11-9-12(5-8-15-11)10-14-6-2-7-16-13-3-4-13/h5,8-9,13-14,16H,2-4,6-7,10H2,1H3. The summed E-state index contributed by atoms with van der Waals surface area (Å²) >= 11 is 0. The lowest BCUT2D eigenvalue weighted by Gasteiger charge is -2.06. The molecule has 1 fully saturated rings. The van der Waals surface area contributed by atoms with E-state index in [2.05, 4.69) is 27.8 Å². The van der Waals surface area contributed by atoms with E-state index in [0.29, 0.717) is 0 Å². The Kier molecular flexibility index (Phi) is 4.31. The van der Waals surface area contributed by atoms with Crippen molar-refractivity contribution >= 4 is 0 Å². The average Bonchev–Trinajstić information content (AvgIpc) is 3.07. The zero-order valence-corrected chi connectivity index (χ0v) is 10.00. The summed E-state index contributed by atoms with van der Waals surface area (Å²) in [6, 6.07) is 5.04. The van der Waals surface area contributed by atoms with Crippen LogP contribution in [0.4, 0.5) is 0 Å². The summed E-state index contributed by atoms with van der Waals surface area (Å²) < 4.78 is 0. The molecule has 0 radical (unpaired) electrons. The third kappa shape index (κ3) is 4.29. The quantitative estimate of drug-likeness (QED) is 0.684. The van der Waals surface area contributed by atoms with E-state index in [-0.39, 0.29) is 0 Å². The van der Waals surface area contributed by atoms with E-state index >= 15 is 0 Å². The molecule has 88 valence electrons. The maximum Gasteiger partial charge on any atom is 0.0375 e. The first kappa shape index (κ1) is 11.6. The minimum absolute atomic E-state index is 0.836. The van der Waals surface area contributed by atoms with Gasteiger partial charge in [0.1, 0.15) is 0 Å². The number of nitrogens with one attached hydrogen (secondary N) is 2. The van der Waals surface area contributed by atoms with Crippen LogP contribution in [0.2, 0.25) is 0 Å². The van der Waals surface area contributed by atoms with Crippen LogP contribution in [-0.4, -0.2) is 24.1 Å². The maximum absolute atomic E-state index is 4.19. The van der Waals surface area contributed by atoms with Gasteiger partial charge in [-0.3, -0.25) is 4.98 Å². The molecule has 0 spiro atoms. The number of rotatable bonds is 7. The molecule has 0 unspecified atom stereocenters. The SMILES string of the molecule is Cc1cc(CNCCCNC2CC2)ccn1. The maximum atomic E-state index is 4.19. The van der Waals surface area contributed by atoms with E-state index in [1.54, 1.807) is 0 Å². The number of nitrogens with zero attached hydrogens (tertiary/aromatic N) is 1. The fourth-order valence-corrected chi connectivity index (χ4v) is 1.75. The predicted octanol–water partition coefficient (Wildman–Crippen LogP) is 1.62. The highest BCUT2D eigenvalue weighted by atomic mass is 14.9. The summed E-state index contributed by atoms with van der Waals surface area (Å²) in [5.41, 5.74) is 2.41. The van der Waals surface area contributed by atoms with Crippen LogP contribution in [-0.2, 0) is 6.54 Å². The fraction of sp³-hybridized carbons (Fsp3) is 0.615. The van der Waals surface area contributed by atoms with Crippen molar-refractivity contribution in [3.05, 3.63) is 29.6 Å². The lowest BCUT2D eigenvalue weighted by molar-refractivity contribution is 0.593. The van der Waals surface area contributed by atoms with Crippen molar-refractivity contribution in [1.29, 1.82) is 0 Å². The van der Waals surface area contributed by atoms with Gasteiger partial charge in [0, 0.05) is 24.5 Å². The summed E-state index contributed by atoms with van der Waals surface area (Å²) in [4.78, 5) is 4.19. The summed E-state index contributed by atoms with van der Waals surface area (Å²) in [5, 5.41) is 6.97. The van der Waals surface area contributed by atoms with Gasteiger partial charge in [-0.15, -0.1) is 0 Å². The molecule has 3 nitrogen and oxygen atoms in total. The summed E-state index contributed by atoms with van der Waals surface area (Å²) in [6.07, 6.45) is 5.84. The van der Waals surface area contributed by atoms with Crippen LogP contribution in [0.25, 0.3) is 0 Å². The molecule has 1 aromatic heterocycles. The van der Waals surface area contributed by atoms with Gasteiger partial charge in [-0.2, -0.15) is 0 Å². The Bertz CT molecular complexity index is 321. The van der Waals surface area contributed by atoms with Crippen molar-refractivity contribution in [3.63, 3.8) is 0 Å². The second-order valence-electron chi connectivity index (χ2n) is 4.56. The molecule has 0 aliphatic heterocycles. The number of aryl methyl sites for hydroxylation is 1. The molecular formula is C13H21N3. The molecular weight excluding hydrogens is 198 g/mol. The van der Waals surface area contributed by atoms with E-state index in [1.807, 2.05) is 13.1 Å². The van der Waals surface area contributed by atoms with E-state index in [4.69, 9.17) is 0 Å². The molecule has 0 aromatic carbocycles. The normalized spacial score (nSPS) is 15.3. The van der Waals surface area contributed by atoms with E-state index < -0.39 is 0 Å². The largest absolute Gasteiger partial charge is 0.314 e. The minimum Gasteiger partial charge on any atom is -0.314 e. The lowest BCUT2D eigenvalue weighted by Crippen LogP contribution is -2.23. The molecule has 1 aliphatic carbocycles. The molecule has 1 aromatic rings. The number of hydrogen-bond donors (Lipinski definition) is 2. The molecule has 2 rings (SSSR count). The summed E-state index contributed by atoms with van der Waals surface area (Å²) in [6.45, 7) is 5.21. The van der Waals surface area contributed by atoms with Crippen molar-refractivity contribution in [2.45, 2.75) is 38.8 Å². The Labute approximate surface area is 97.7 Å². The minimum atomic E-state index is 0.836. The third-order valence-corrected chi connectivity index (χ3v) is 2.83. The van der Waals surface area contributed by atoms with Crippen LogP contribution in [0.5, 0.6) is 0 Å².